The molecule has 0 spiro atoms. The molecule has 0 amide bonds. The highest BCUT2D eigenvalue weighted by Gasteiger charge is 2.22. The van der Waals surface area contributed by atoms with Crippen molar-refractivity contribution in [2.45, 2.75) is 45.8 Å². The minimum atomic E-state index is -0.531. The van der Waals surface area contributed by atoms with Gasteiger partial charge in [0.05, 0.1) is 0 Å². The van der Waals surface area contributed by atoms with Crippen LogP contribution in [0.25, 0.3) is 11.0 Å². The molecule has 0 aliphatic carbocycles. The third-order valence-electron chi connectivity index (χ3n) is 4.30. The normalized spacial score (nSPS) is 13.4. The molecule has 2 N–H and O–H groups in total. The second kappa shape index (κ2) is 5.82. The van der Waals surface area contributed by atoms with Gasteiger partial charge in [0.25, 0.3) is 5.82 Å². The van der Waals surface area contributed by atoms with Crippen LogP contribution < -0.4 is 4.57 Å². The molecule has 1 heterocycles. The van der Waals surface area contributed by atoms with Crippen LogP contribution in [0.5, 0.6) is 0 Å². The quantitative estimate of drug-likeness (QED) is 0.709. The molecule has 3 rings (SSSR count). The standard InChI is InChI=1S/C20H24N2O/c1-14(23)19-21-17-7-5-6-8-18(17)22(19)13-15-9-11-16(12-10-15)20(2,3)4/h5-12,14,23H,13H2,1-4H3/p+1. The van der Waals surface area contributed by atoms with E-state index in [-0.39, 0.29) is 5.41 Å². The van der Waals surface area contributed by atoms with Gasteiger partial charge in [-0.15, -0.1) is 0 Å². The molecule has 1 unspecified atom stereocenters. The van der Waals surface area contributed by atoms with Crippen molar-refractivity contribution in [3.63, 3.8) is 0 Å². The monoisotopic (exact) mass is 309 g/mol. The Hall–Kier alpha value is -2.13. The smallest absolute Gasteiger partial charge is 0.284 e. The number of nitrogens with one attached hydrogen (secondary N) is 1. The number of H-pyrrole nitrogens is 1. The third kappa shape index (κ3) is 3.15. The summed E-state index contributed by atoms with van der Waals surface area (Å²) < 4.78 is 2.16. The van der Waals surface area contributed by atoms with E-state index in [0.717, 1.165) is 23.4 Å². The number of fused-ring (bicyclic) bond motifs is 1. The predicted octanol–water partition coefficient (Wildman–Crippen LogP) is 3.85. The van der Waals surface area contributed by atoms with Crippen molar-refractivity contribution in [2.75, 3.05) is 0 Å². The number of aromatic nitrogens is 2. The van der Waals surface area contributed by atoms with Crippen LogP contribution in [0.1, 0.15) is 50.8 Å². The van der Waals surface area contributed by atoms with Crippen LogP contribution in [0, 0.1) is 0 Å². The molecule has 0 bridgehead atoms. The van der Waals surface area contributed by atoms with E-state index in [9.17, 15) is 5.11 Å². The van der Waals surface area contributed by atoms with Crippen LogP contribution in [0.3, 0.4) is 0 Å². The van der Waals surface area contributed by atoms with Crippen LogP contribution in [-0.4, -0.2) is 10.1 Å². The number of benzene rings is 2. The summed E-state index contributed by atoms with van der Waals surface area (Å²) in [5, 5.41) is 10.1. The summed E-state index contributed by atoms with van der Waals surface area (Å²) in [6.07, 6.45) is -0.531. The molecule has 0 radical (unpaired) electrons. The van der Waals surface area contributed by atoms with Crippen molar-refractivity contribution in [3.8, 4) is 0 Å². The zero-order valence-electron chi connectivity index (χ0n) is 14.3. The van der Waals surface area contributed by atoms with E-state index in [2.05, 4.69) is 60.7 Å². The van der Waals surface area contributed by atoms with Gasteiger partial charge >= 0.3 is 0 Å². The second-order valence-electron chi connectivity index (χ2n) is 7.24. The van der Waals surface area contributed by atoms with Crippen molar-refractivity contribution in [2.24, 2.45) is 0 Å². The van der Waals surface area contributed by atoms with E-state index in [1.807, 2.05) is 18.2 Å². The van der Waals surface area contributed by atoms with Crippen molar-refractivity contribution in [1.82, 2.24) is 4.98 Å². The minimum Gasteiger partial charge on any atom is -0.381 e. The molecular weight excluding hydrogens is 284 g/mol. The Bertz CT molecular complexity index is 808. The molecular formula is C20H25N2O+. The SMILES string of the molecule is CC(O)c1[nH]c2ccccc2[n+]1Cc1ccc(C(C)(C)C)cc1. The summed E-state index contributed by atoms with van der Waals surface area (Å²) in [5.74, 6) is 0.839. The number of rotatable bonds is 3. The van der Waals surface area contributed by atoms with Gasteiger partial charge < -0.3 is 5.11 Å². The fourth-order valence-corrected chi connectivity index (χ4v) is 2.94. The lowest BCUT2D eigenvalue weighted by Gasteiger charge is -2.19. The van der Waals surface area contributed by atoms with E-state index >= 15 is 0 Å². The fraction of sp³-hybridized carbons (Fsp3) is 0.350. The Morgan fingerprint density at radius 1 is 1.04 bits per heavy atom. The topological polar surface area (TPSA) is 39.9 Å². The van der Waals surface area contributed by atoms with Crippen molar-refractivity contribution >= 4 is 11.0 Å². The summed E-state index contributed by atoms with van der Waals surface area (Å²) in [5.41, 5.74) is 4.89. The maximum atomic E-state index is 10.1. The van der Waals surface area contributed by atoms with E-state index in [1.54, 1.807) is 6.92 Å². The van der Waals surface area contributed by atoms with Crippen LogP contribution in [-0.2, 0) is 12.0 Å². The number of aromatic amines is 1. The number of hydrogen-bond acceptors (Lipinski definition) is 1. The molecule has 3 nitrogen and oxygen atoms in total. The maximum absolute atomic E-state index is 10.1. The highest BCUT2D eigenvalue weighted by molar-refractivity contribution is 5.71. The number of nitrogens with zero attached hydrogens (tertiary/aromatic N) is 1. The lowest BCUT2D eigenvalue weighted by molar-refractivity contribution is -0.673. The fourth-order valence-electron chi connectivity index (χ4n) is 2.94. The first kappa shape index (κ1) is 15.8. The Kier molecular flexibility index (Phi) is 3.99. The number of para-hydroxylation sites is 2. The largest absolute Gasteiger partial charge is 0.381 e. The first-order chi connectivity index (χ1) is 10.9. The molecule has 0 saturated carbocycles. The van der Waals surface area contributed by atoms with Gasteiger partial charge in [-0.3, -0.25) is 0 Å². The Labute approximate surface area is 137 Å². The van der Waals surface area contributed by atoms with E-state index < -0.39 is 6.10 Å². The zero-order valence-corrected chi connectivity index (χ0v) is 14.3. The Balaban J connectivity index is 1.99. The molecule has 0 saturated heterocycles. The lowest BCUT2D eigenvalue weighted by Crippen LogP contribution is -2.38. The minimum absolute atomic E-state index is 0.164. The van der Waals surface area contributed by atoms with Gasteiger partial charge in [0.1, 0.15) is 6.54 Å². The lowest BCUT2D eigenvalue weighted by atomic mass is 9.87. The van der Waals surface area contributed by atoms with Gasteiger partial charge in [-0.05, 0) is 35.6 Å². The average molecular weight is 309 g/mol. The van der Waals surface area contributed by atoms with Gasteiger partial charge in [0.15, 0.2) is 17.1 Å². The maximum Gasteiger partial charge on any atom is 0.284 e. The summed E-state index contributed by atoms with van der Waals surface area (Å²) >= 11 is 0. The number of aliphatic hydroxyl groups is 1. The van der Waals surface area contributed by atoms with Crippen molar-refractivity contribution < 1.29 is 9.67 Å². The molecule has 23 heavy (non-hydrogen) atoms. The average Bonchev–Trinajstić information content (AvgIpc) is 2.86. The van der Waals surface area contributed by atoms with E-state index in [1.165, 1.54) is 11.1 Å². The highest BCUT2D eigenvalue weighted by Crippen LogP contribution is 2.22. The van der Waals surface area contributed by atoms with Crippen LogP contribution in [0.15, 0.2) is 48.5 Å². The first-order valence-electron chi connectivity index (χ1n) is 8.14. The van der Waals surface area contributed by atoms with E-state index in [4.69, 9.17) is 0 Å². The van der Waals surface area contributed by atoms with Gasteiger partial charge in [-0.25, -0.2) is 9.55 Å². The summed E-state index contributed by atoms with van der Waals surface area (Å²) in [6.45, 7) is 9.21. The molecule has 3 heteroatoms. The second-order valence-corrected chi connectivity index (χ2v) is 7.24. The molecule has 1 atom stereocenters. The zero-order chi connectivity index (χ0) is 16.6. The Morgan fingerprint density at radius 2 is 1.70 bits per heavy atom. The Morgan fingerprint density at radius 3 is 2.30 bits per heavy atom. The molecule has 0 fully saturated rings. The van der Waals surface area contributed by atoms with Gasteiger partial charge in [0.2, 0.25) is 0 Å². The number of aliphatic hydroxyl groups excluding tert-OH is 1. The number of hydrogen-bond donors (Lipinski definition) is 2. The third-order valence-corrected chi connectivity index (χ3v) is 4.30. The summed E-state index contributed by atoms with van der Waals surface area (Å²) in [6, 6.07) is 16.9. The van der Waals surface area contributed by atoms with Crippen molar-refractivity contribution in [1.29, 1.82) is 0 Å². The first-order valence-corrected chi connectivity index (χ1v) is 8.14. The van der Waals surface area contributed by atoms with Gasteiger partial charge in [0, 0.05) is 0 Å². The van der Waals surface area contributed by atoms with Crippen LogP contribution in [0.4, 0.5) is 0 Å². The summed E-state index contributed by atoms with van der Waals surface area (Å²) in [7, 11) is 0. The van der Waals surface area contributed by atoms with Crippen LogP contribution in [0.2, 0.25) is 0 Å². The molecule has 0 aliphatic rings. The van der Waals surface area contributed by atoms with E-state index in [0.29, 0.717) is 0 Å². The predicted molar refractivity (Wildman–Crippen MR) is 93.4 cm³/mol. The van der Waals surface area contributed by atoms with Gasteiger partial charge in [-0.2, -0.15) is 0 Å². The summed E-state index contributed by atoms with van der Waals surface area (Å²) in [4.78, 5) is 3.33. The van der Waals surface area contributed by atoms with Crippen molar-refractivity contribution in [3.05, 3.63) is 65.5 Å². The molecule has 3 aromatic rings. The molecule has 120 valence electrons. The molecule has 2 aromatic carbocycles. The molecule has 0 aliphatic heterocycles. The molecule has 1 aromatic heterocycles. The highest BCUT2D eigenvalue weighted by atomic mass is 16.3. The number of imidazole rings is 1. The van der Waals surface area contributed by atoms with Crippen LogP contribution >= 0.6 is 0 Å². The van der Waals surface area contributed by atoms with Gasteiger partial charge in [-0.1, -0.05) is 57.2 Å².